The van der Waals surface area contributed by atoms with Crippen LogP contribution in [0.2, 0.25) is 0 Å². The van der Waals surface area contributed by atoms with Crippen LogP contribution >= 0.6 is 0 Å². The molecule has 0 fully saturated rings. The lowest BCUT2D eigenvalue weighted by atomic mass is 10.3. The normalized spacial score (nSPS) is 9.92. The van der Waals surface area contributed by atoms with Crippen molar-refractivity contribution >= 4 is 11.4 Å². The lowest BCUT2D eigenvalue weighted by molar-refractivity contribution is 0.189. The molecule has 0 aromatic heterocycles. The summed E-state index contributed by atoms with van der Waals surface area (Å²) in [6.45, 7) is 2.87. The summed E-state index contributed by atoms with van der Waals surface area (Å²) in [6.07, 6.45) is 2.21. The molecule has 0 aliphatic rings. The summed E-state index contributed by atoms with van der Waals surface area (Å²) in [7, 11) is 0. The fourth-order valence-electron chi connectivity index (χ4n) is 0.902. The van der Waals surface area contributed by atoms with Gasteiger partial charge in [0.15, 0.2) is 0 Å². The maximum absolute atomic E-state index is 5.53. The van der Waals surface area contributed by atoms with Crippen LogP contribution in [0.15, 0.2) is 24.3 Å². The van der Waals surface area contributed by atoms with Crippen LogP contribution in [0, 0.1) is 0 Å². The van der Waals surface area contributed by atoms with Crippen molar-refractivity contribution in [3.05, 3.63) is 24.3 Å². The summed E-state index contributed by atoms with van der Waals surface area (Å²) >= 11 is 0. The number of nitrogen functional groups attached to an aromatic ring is 1. The molecule has 1 aromatic rings. The van der Waals surface area contributed by atoms with Crippen molar-refractivity contribution in [3.8, 4) is 0 Å². The zero-order valence-corrected chi connectivity index (χ0v) is 7.92. The van der Waals surface area contributed by atoms with Crippen LogP contribution in [0.5, 0.6) is 0 Å². The van der Waals surface area contributed by atoms with Crippen molar-refractivity contribution in [2.75, 3.05) is 17.8 Å². The van der Waals surface area contributed by atoms with Gasteiger partial charge in [0, 0.05) is 5.69 Å². The summed E-state index contributed by atoms with van der Waals surface area (Å²) in [6, 6.07) is 7.46. The van der Waals surface area contributed by atoms with Crippen LogP contribution in [0.3, 0.4) is 0 Å². The Morgan fingerprint density at radius 3 is 2.62 bits per heavy atom. The van der Waals surface area contributed by atoms with Gasteiger partial charge in [-0.3, -0.25) is 10.3 Å². The van der Waals surface area contributed by atoms with Gasteiger partial charge in [-0.05, 0) is 30.7 Å². The average Bonchev–Trinajstić information content (AvgIpc) is 2.15. The number of rotatable bonds is 5. The van der Waals surface area contributed by atoms with Gasteiger partial charge in [-0.15, -0.1) is 0 Å². The van der Waals surface area contributed by atoms with E-state index in [9.17, 15) is 0 Å². The van der Waals surface area contributed by atoms with E-state index < -0.39 is 0 Å². The van der Waals surface area contributed by atoms with Gasteiger partial charge in [-0.25, -0.2) is 0 Å². The Bertz CT molecular complexity index is 233. The highest BCUT2D eigenvalue weighted by Crippen LogP contribution is 2.10. The van der Waals surface area contributed by atoms with Crippen molar-refractivity contribution in [1.82, 2.24) is 0 Å². The zero-order valence-electron chi connectivity index (χ0n) is 7.92. The number of anilines is 2. The minimum atomic E-state index is 0.737. The molecule has 1 aromatic carbocycles. The first-order valence-electron chi connectivity index (χ1n) is 4.56. The minimum Gasteiger partial charge on any atom is -0.399 e. The smallest absolute Gasteiger partial charge is 0.0745 e. The van der Waals surface area contributed by atoms with E-state index in [1.807, 2.05) is 24.3 Å². The third-order valence-electron chi connectivity index (χ3n) is 1.70. The van der Waals surface area contributed by atoms with Gasteiger partial charge in [-0.2, -0.15) is 0 Å². The molecule has 0 atom stereocenters. The Balaban J connectivity index is 2.25. The van der Waals surface area contributed by atoms with Crippen molar-refractivity contribution in [2.24, 2.45) is 0 Å². The SMILES string of the molecule is CCCCONc1ccc(N)cc1. The predicted molar refractivity (Wildman–Crippen MR) is 55.3 cm³/mol. The first-order chi connectivity index (χ1) is 6.33. The highest BCUT2D eigenvalue weighted by atomic mass is 16.6. The van der Waals surface area contributed by atoms with Crippen molar-refractivity contribution in [2.45, 2.75) is 19.8 Å². The van der Waals surface area contributed by atoms with Gasteiger partial charge in [0.05, 0.1) is 12.3 Å². The van der Waals surface area contributed by atoms with Crippen LogP contribution in [0.1, 0.15) is 19.8 Å². The Morgan fingerprint density at radius 2 is 2.00 bits per heavy atom. The fraction of sp³-hybridized carbons (Fsp3) is 0.400. The largest absolute Gasteiger partial charge is 0.399 e. The lowest BCUT2D eigenvalue weighted by Crippen LogP contribution is -2.02. The molecule has 0 unspecified atom stereocenters. The number of benzene rings is 1. The molecule has 0 spiro atoms. The van der Waals surface area contributed by atoms with Gasteiger partial charge in [0.1, 0.15) is 0 Å². The molecule has 3 nitrogen and oxygen atoms in total. The van der Waals surface area contributed by atoms with Crippen molar-refractivity contribution < 1.29 is 4.84 Å². The quantitative estimate of drug-likeness (QED) is 0.415. The zero-order chi connectivity index (χ0) is 9.52. The first-order valence-corrected chi connectivity index (χ1v) is 4.56. The third kappa shape index (κ3) is 3.80. The third-order valence-corrected chi connectivity index (χ3v) is 1.70. The van der Waals surface area contributed by atoms with E-state index in [0.717, 1.165) is 30.8 Å². The monoisotopic (exact) mass is 180 g/mol. The van der Waals surface area contributed by atoms with Gasteiger partial charge in [-0.1, -0.05) is 13.3 Å². The number of hydrogen-bond acceptors (Lipinski definition) is 3. The molecule has 0 heterocycles. The topological polar surface area (TPSA) is 47.3 Å². The summed E-state index contributed by atoms with van der Waals surface area (Å²) in [5.41, 5.74) is 10.1. The van der Waals surface area contributed by atoms with Gasteiger partial charge in [0.2, 0.25) is 0 Å². The summed E-state index contributed by atoms with van der Waals surface area (Å²) < 4.78 is 0. The van der Waals surface area contributed by atoms with Gasteiger partial charge in [0.25, 0.3) is 0 Å². The highest BCUT2D eigenvalue weighted by Gasteiger charge is 1.90. The standard InChI is InChI=1S/C10H16N2O/c1-2-3-8-13-12-10-6-4-9(11)5-7-10/h4-7,12H,2-3,8,11H2,1H3. The second-order valence-electron chi connectivity index (χ2n) is 2.93. The number of nitrogens with two attached hydrogens (primary N) is 1. The molecule has 0 aliphatic heterocycles. The summed E-state index contributed by atoms with van der Waals surface area (Å²) in [5, 5.41) is 0. The molecule has 0 bridgehead atoms. The van der Waals surface area contributed by atoms with Crippen molar-refractivity contribution in [1.29, 1.82) is 0 Å². The second-order valence-corrected chi connectivity index (χ2v) is 2.93. The van der Waals surface area contributed by atoms with E-state index in [1.54, 1.807) is 0 Å². The van der Waals surface area contributed by atoms with E-state index in [2.05, 4.69) is 12.4 Å². The molecule has 0 saturated heterocycles. The highest BCUT2D eigenvalue weighted by molar-refractivity contribution is 5.49. The second kappa shape index (κ2) is 5.43. The van der Waals surface area contributed by atoms with Crippen LogP contribution in [0.25, 0.3) is 0 Å². The first kappa shape index (κ1) is 9.86. The minimum absolute atomic E-state index is 0.737. The molecule has 0 amide bonds. The maximum Gasteiger partial charge on any atom is 0.0745 e. The Labute approximate surface area is 78.8 Å². The molecule has 13 heavy (non-hydrogen) atoms. The summed E-state index contributed by atoms with van der Waals surface area (Å²) in [4.78, 5) is 5.21. The van der Waals surface area contributed by atoms with Gasteiger partial charge < -0.3 is 5.73 Å². The van der Waals surface area contributed by atoms with Crippen LogP contribution < -0.4 is 11.2 Å². The molecule has 1 rings (SSSR count). The summed E-state index contributed by atoms with van der Waals surface area (Å²) in [5.74, 6) is 0. The number of nitrogens with one attached hydrogen (secondary N) is 1. The number of unbranched alkanes of at least 4 members (excludes halogenated alkanes) is 1. The molecule has 3 N–H and O–H groups in total. The number of hydrogen-bond donors (Lipinski definition) is 2. The molecule has 0 saturated carbocycles. The Hall–Kier alpha value is -1.22. The van der Waals surface area contributed by atoms with E-state index >= 15 is 0 Å². The molecule has 72 valence electrons. The average molecular weight is 180 g/mol. The van der Waals surface area contributed by atoms with Gasteiger partial charge >= 0.3 is 0 Å². The predicted octanol–water partition coefficient (Wildman–Crippen LogP) is 2.41. The Kier molecular flexibility index (Phi) is 4.12. The van der Waals surface area contributed by atoms with Crippen LogP contribution in [-0.4, -0.2) is 6.61 Å². The maximum atomic E-state index is 5.53. The van der Waals surface area contributed by atoms with Crippen LogP contribution in [-0.2, 0) is 4.84 Å². The lowest BCUT2D eigenvalue weighted by Gasteiger charge is -2.05. The molecular weight excluding hydrogens is 164 g/mol. The van der Waals surface area contributed by atoms with E-state index in [-0.39, 0.29) is 0 Å². The molecule has 0 radical (unpaired) electrons. The van der Waals surface area contributed by atoms with Crippen molar-refractivity contribution in [3.63, 3.8) is 0 Å². The van der Waals surface area contributed by atoms with E-state index in [0.29, 0.717) is 0 Å². The molecular formula is C10H16N2O. The van der Waals surface area contributed by atoms with E-state index in [1.165, 1.54) is 0 Å². The molecule has 0 aliphatic carbocycles. The molecule has 3 heteroatoms. The Morgan fingerprint density at radius 1 is 1.31 bits per heavy atom. The van der Waals surface area contributed by atoms with E-state index in [4.69, 9.17) is 10.6 Å². The van der Waals surface area contributed by atoms with Crippen LogP contribution in [0.4, 0.5) is 11.4 Å². The fourth-order valence-corrected chi connectivity index (χ4v) is 0.902.